The Morgan fingerprint density at radius 2 is 2.00 bits per heavy atom. The molecule has 0 heterocycles. The summed E-state index contributed by atoms with van der Waals surface area (Å²) in [4.78, 5) is 12.0. The summed E-state index contributed by atoms with van der Waals surface area (Å²) in [5.74, 6) is 0.194. The normalized spacial score (nSPS) is 24.4. The Hall–Kier alpha value is -0.620. The van der Waals surface area contributed by atoms with E-state index < -0.39 is 0 Å². The topological polar surface area (TPSA) is 55.1 Å². The Bertz CT molecular complexity index is 391. The highest BCUT2D eigenvalue weighted by molar-refractivity contribution is 14.1. The number of nitrogens with one attached hydrogen (secondary N) is 1. The van der Waals surface area contributed by atoms with E-state index >= 15 is 0 Å². The third kappa shape index (κ3) is 3.67. The number of carbonyl (C=O) groups is 1. The fourth-order valence-corrected chi connectivity index (χ4v) is 2.60. The van der Waals surface area contributed by atoms with Crippen molar-refractivity contribution in [3.05, 3.63) is 27.8 Å². The van der Waals surface area contributed by atoms with Crippen LogP contribution in [0.5, 0.6) is 0 Å². The molecule has 0 bridgehead atoms. The molecule has 2 atom stereocenters. The summed E-state index contributed by atoms with van der Waals surface area (Å²) in [5, 5.41) is 2.96. The maximum absolute atomic E-state index is 12.0. The second-order valence-corrected chi connectivity index (χ2v) is 5.87. The molecule has 3 N–H and O–H groups in total. The van der Waals surface area contributed by atoms with E-state index in [2.05, 4.69) is 27.9 Å². The average molecular weight is 344 g/mol. The van der Waals surface area contributed by atoms with E-state index in [0.717, 1.165) is 31.4 Å². The van der Waals surface area contributed by atoms with Crippen molar-refractivity contribution < 1.29 is 4.79 Å². The molecule has 1 fully saturated rings. The zero-order valence-electron chi connectivity index (χ0n) is 9.66. The summed E-state index contributed by atoms with van der Waals surface area (Å²) in [5.41, 5.74) is 6.77. The number of benzene rings is 1. The molecule has 1 aliphatic rings. The summed E-state index contributed by atoms with van der Waals surface area (Å²) in [7, 11) is 0. The number of carbonyl (C=O) groups excluding carboxylic acids is 1. The van der Waals surface area contributed by atoms with Crippen molar-refractivity contribution in [1.82, 2.24) is 0 Å². The SMILES string of the molecule is NC1CCCC(C(=O)Nc2ccc(I)cc2)C1. The molecule has 2 unspecified atom stereocenters. The van der Waals surface area contributed by atoms with Crippen molar-refractivity contribution in [3.8, 4) is 0 Å². The minimum atomic E-state index is 0.0815. The second kappa shape index (κ2) is 5.82. The molecule has 2 rings (SSSR count). The van der Waals surface area contributed by atoms with E-state index in [-0.39, 0.29) is 17.9 Å². The average Bonchev–Trinajstić information content (AvgIpc) is 2.32. The highest BCUT2D eigenvalue weighted by Crippen LogP contribution is 2.24. The maximum Gasteiger partial charge on any atom is 0.227 e. The Kier molecular flexibility index (Phi) is 4.39. The van der Waals surface area contributed by atoms with Crippen LogP contribution in [0.3, 0.4) is 0 Å². The van der Waals surface area contributed by atoms with Crippen LogP contribution < -0.4 is 11.1 Å². The van der Waals surface area contributed by atoms with Gasteiger partial charge in [0.25, 0.3) is 0 Å². The van der Waals surface area contributed by atoms with Crippen molar-refractivity contribution in [2.45, 2.75) is 31.7 Å². The van der Waals surface area contributed by atoms with Gasteiger partial charge in [-0.05, 0) is 66.1 Å². The van der Waals surface area contributed by atoms with Crippen LogP contribution >= 0.6 is 22.6 Å². The molecule has 0 aromatic heterocycles. The quantitative estimate of drug-likeness (QED) is 0.811. The van der Waals surface area contributed by atoms with Crippen LogP contribution in [0.1, 0.15) is 25.7 Å². The summed E-state index contributed by atoms with van der Waals surface area (Å²) < 4.78 is 1.17. The molecule has 3 nitrogen and oxygen atoms in total. The van der Waals surface area contributed by atoms with Gasteiger partial charge in [0, 0.05) is 21.2 Å². The number of anilines is 1. The Labute approximate surface area is 115 Å². The zero-order valence-corrected chi connectivity index (χ0v) is 11.8. The molecule has 1 amide bonds. The first kappa shape index (κ1) is 12.8. The number of rotatable bonds is 2. The molecular weight excluding hydrogens is 327 g/mol. The van der Waals surface area contributed by atoms with E-state index in [1.165, 1.54) is 3.57 Å². The maximum atomic E-state index is 12.0. The van der Waals surface area contributed by atoms with Gasteiger partial charge in [0.05, 0.1) is 0 Å². The third-order valence-electron chi connectivity index (χ3n) is 3.20. The number of hydrogen-bond acceptors (Lipinski definition) is 2. The molecule has 0 spiro atoms. The zero-order chi connectivity index (χ0) is 12.3. The molecule has 1 aliphatic carbocycles. The minimum absolute atomic E-state index is 0.0815. The molecule has 92 valence electrons. The lowest BCUT2D eigenvalue weighted by Gasteiger charge is -2.25. The standard InChI is InChI=1S/C13H17IN2O/c14-10-4-6-12(7-5-10)16-13(17)9-2-1-3-11(15)8-9/h4-7,9,11H,1-3,8,15H2,(H,16,17). The Balaban J connectivity index is 1.94. The first-order valence-corrected chi connectivity index (χ1v) is 7.05. The predicted octanol–water partition coefficient (Wildman–Crippen LogP) is 2.75. The monoisotopic (exact) mass is 344 g/mol. The van der Waals surface area contributed by atoms with Crippen LogP contribution in [0.2, 0.25) is 0 Å². The lowest BCUT2D eigenvalue weighted by molar-refractivity contribution is -0.120. The number of halogens is 1. The van der Waals surface area contributed by atoms with Gasteiger partial charge >= 0.3 is 0 Å². The van der Waals surface area contributed by atoms with Gasteiger partial charge in [0.2, 0.25) is 5.91 Å². The first-order valence-electron chi connectivity index (χ1n) is 5.97. The van der Waals surface area contributed by atoms with Crippen molar-refractivity contribution in [2.24, 2.45) is 11.7 Å². The van der Waals surface area contributed by atoms with E-state index in [1.807, 2.05) is 24.3 Å². The van der Waals surface area contributed by atoms with Crippen LogP contribution in [0.25, 0.3) is 0 Å². The van der Waals surface area contributed by atoms with E-state index in [4.69, 9.17) is 5.73 Å². The number of nitrogens with two attached hydrogens (primary N) is 1. The van der Waals surface area contributed by atoms with Gasteiger partial charge < -0.3 is 11.1 Å². The highest BCUT2D eigenvalue weighted by atomic mass is 127. The molecule has 0 radical (unpaired) electrons. The van der Waals surface area contributed by atoms with Gasteiger partial charge in [-0.25, -0.2) is 0 Å². The van der Waals surface area contributed by atoms with E-state index in [0.29, 0.717) is 0 Å². The van der Waals surface area contributed by atoms with Crippen LogP contribution in [0.4, 0.5) is 5.69 Å². The number of amides is 1. The van der Waals surface area contributed by atoms with Crippen molar-refractivity contribution in [1.29, 1.82) is 0 Å². The summed E-state index contributed by atoms with van der Waals surface area (Å²) in [6.45, 7) is 0. The summed E-state index contributed by atoms with van der Waals surface area (Å²) >= 11 is 2.25. The minimum Gasteiger partial charge on any atom is -0.328 e. The second-order valence-electron chi connectivity index (χ2n) is 4.62. The first-order chi connectivity index (χ1) is 8.15. The summed E-state index contributed by atoms with van der Waals surface area (Å²) in [6.07, 6.45) is 3.89. The predicted molar refractivity (Wildman–Crippen MR) is 77.7 cm³/mol. The van der Waals surface area contributed by atoms with Crippen LogP contribution in [-0.4, -0.2) is 11.9 Å². The molecule has 4 heteroatoms. The van der Waals surface area contributed by atoms with Gasteiger partial charge in [-0.2, -0.15) is 0 Å². The van der Waals surface area contributed by atoms with Crippen molar-refractivity contribution in [3.63, 3.8) is 0 Å². The van der Waals surface area contributed by atoms with E-state index in [1.54, 1.807) is 0 Å². The smallest absolute Gasteiger partial charge is 0.227 e. The molecule has 1 saturated carbocycles. The fraction of sp³-hybridized carbons (Fsp3) is 0.462. The molecule has 1 aromatic rings. The van der Waals surface area contributed by atoms with Gasteiger partial charge in [0.15, 0.2) is 0 Å². The molecule has 0 saturated heterocycles. The van der Waals surface area contributed by atoms with Gasteiger partial charge in [-0.15, -0.1) is 0 Å². The summed E-state index contributed by atoms with van der Waals surface area (Å²) in [6, 6.07) is 8.03. The fourth-order valence-electron chi connectivity index (χ4n) is 2.24. The van der Waals surface area contributed by atoms with Crippen LogP contribution in [0.15, 0.2) is 24.3 Å². The molecule has 17 heavy (non-hydrogen) atoms. The van der Waals surface area contributed by atoms with Gasteiger partial charge in [-0.3, -0.25) is 4.79 Å². The third-order valence-corrected chi connectivity index (χ3v) is 3.92. The largest absolute Gasteiger partial charge is 0.328 e. The van der Waals surface area contributed by atoms with Crippen LogP contribution in [-0.2, 0) is 4.79 Å². The lowest BCUT2D eigenvalue weighted by Crippen LogP contribution is -2.34. The molecule has 0 aliphatic heterocycles. The molecular formula is C13H17IN2O. The number of hydrogen-bond donors (Lipinski definition) is 2. The van der Waals surface area contributed by atoms with Crippen molar-refractivity contribution >= 4 is 34.2 Å². The van der Waals surface area contributed by atoms with Crippen molar-refractivity contribution in [2.75, 3.05) is 5.32 Å². The lowest BCUT2D eigenvalue weighted by atomic mass is 9.85. The molecule has 1 aromatic carbocycles. The van der Waals surface area contributed by atoms with Crippen LogP contribution in [0, 0.1) is 9.49 Å². The van der Waals surface area contributed by atoms with Gasteiger partial charge in [0.1, 0.15) is 0 Å². The van der Waals surface area contributed by atoms with Gasteiger partial charge in [-0.1, -0.05) is 6.42 Å². The Morgan fingerprint density at radius 3 is 2.65 bits per heavy atom. The van der Waals surface area contributed by atoms with E-state index in [9.17, 15) is 4.79 Å². The Morgan fingerprint density at radius 1 is 1.29 bits per heavy atom. The highest BCUT2D eigenvalue weighted by Gasteiger charge is 2.25.